The molecule has 1 aliphatic rings. The van der Waals surface area contributed by atoms with E-state index in [1.807, 2.05) is 0 Å². The van der Waals surface area contributed by atoms with Crippen molar-refractivity contribution in [3.05, 3.63) is 17.0 Å². The van der Waals surface area contributed by atoms with Crippen molar-refractivity contribution in [3.8, 4) is 0 Å². The molecule has 2 rings (SSSR count). The fraction of sp³-hybridized carbons (Fsp3) is 0.636. The van der Waals surface area contributed by atoms with Gasteiger partial charge in [-0.1, -0.05) is 0 Å². The van der Waals surface area contributed by atoms with Crippen molar-refractivity contribution in [3.63, 3.8) is 0 Å². The Morgan fingerprint density at radius 2 is 2.11 bits per heavy atom. The van der Waals surface area contributed by atoms with E-state index >= 15 is 0 Å². The molecule has 4 nitrogen and oxygen atoms in total. The number of aromatic nitrogens is 2. The summed E-state index contributed by atoms with van der Waals surface area (Å²) in [6, 6.07) is 0. The molecular formula is C11H13F3N2O2. The maximum Gasteiger partial charge on any atom is 0.435 e. The first kappa shape index (κ1) is 12.9. The lowest BCUT2D eigenvalue weighted by molar-refractivity contribution is -0.142. The van der Waals surface area contributed by atoms with Crippen LogP contribution < -0.4 is 0 Å². The first-order valence-electron chi connectivity index (χ1n) is 5.77. The topological polar surface area (TPSA) is 55.1 Å². The van der Waals surface area contributed by atoms with E-state index in [2.05, 4.69) is 5.10 Å². The summed E-state index contributed by atoms with van der Waals surface area (Å²) in [4.78, 5) is 10.4. The maximum atomic E-state index is 12.7. The summed E-state index contributed by atoms with van der Waals surface area (Å²) in [6.45, 7) is 0.227. The number of carboxylic acid groups (broad SMARTS) is 1. The van der Waals surface area contributed by atoms with Gasteiger partial charge in [-0.2, -0.15) is 18.3 Å². The summed E-state index contributed by atoms with van der Waals surface area (Å²) in [6.07, 6.45) is -2.49. The molecule has 0 bridgehead atoms. The molecule has 1 heterocycles. The van der Waals surface area contributed by atoms with Crippen LogP contribution >= 0.6 is 0 Å². The molecule has 0 aliphatic heterocycles. The van der Waals surface area contributed by atoms with Gasteiger partial charge in [0.25, 0.3) is 0 Å². The van der Waals surface area contributed by atoms with Gasteiger partial charge in [0.2, 0.25) is 0 Å². The largest absolute Gasteiger partial charge is 0.481 e. The Bertz CT molecular complexity index is 466. The predicted octanol–water partition coefficient (Wildman–Crippen LogP) is 2.26. The van der Waals surface area contributed by atoms with Crippen LogP contribution in [0.4, 0.5) is 13.2 Å². The van der Waals surface area contributed by atoms with E-state index in [9.17, 15) is 18.0 Å². The molecule has 1 aromatic heterocycles. The van der Waals surface area contributed by atoms with Gasteiger partial charge in [-0.25, -0.2) is 0 Å². The second kappa shape index (κ2) is 4.62. The van der Waals surface area contributed by atoms with Gasteiger partial charge in [-0.3, -0.25) is 9.48 Å². The van der Waals surface area contributed by atoms with Crippen molar-refractivity contribution in [1.82, 2.24) is 9.78 Å². The Morgan fingerprint density at radius 1 is 1.39 bits per heavy atom. The smallest absolute Gasteiger partial charge is 0.435 e. The fourth-order valence-electron chi connectivity index (χ4n) is 2.30. The molecule has 1 N–H and O–H groups in total. The molecule has 0 amide bonds. The van der Waals surface area contributed by atoms with E-state index in [0.717, 1.165) is 0 Å². The van der Waals surface area contributed by atoms with Crippen molar-refractivity contribution in [1.29, 1.82) is 0 Å². The highest BCUT2D eigenvalue weighted by Gasteiger charge is 2.39. The van der Waals surface area contributed by atoms with Crippen molar-refractivity contribution >= 4 is 5.97 Å². The normalized spacial score (nSPS) is 14.8. The van der Waals surface area contributed by atoms with Crippen LogP contribution in [0.25, 0.3) is 0 Å². The molecule has 0 saturated heterocycles. The van der Waals surface area contributed by atoms with Crippen molar-refractivity contribution in [2.75, 3.05) is 0 Å². The first-order valence-corrected chi connectivity index (χ1v) is 5.77. The molecule has 1 aliphatic carbocycles. The van der Waals surface area contributed by atoms with E-state index in [0.29, 0.717) is 31.4 Å². The molecule has 0 spiro atoms. The number of carbonyl (C=O) groups is 1. The van der Waals surface area contributed by atoms with Crippen molar-refractivity contribution in [2.24, 2.45) is 0 Å². The standard InChI is InChI=1S/C11H13F3N2O2/c12-11(13,14)10-7-3-1-4-8(7)16(15-10)6-2-5-9(17)18/h1-6H2,(H,17,18). The van der Waals surface area contributed by atoms with E-state index in [1.165, 1.54) is 4.68 Å². The number of aryl methyl sites for hydroxylation is 1. The molecule has 0 aromatic carbocycles. The monoisotopic (exact) mass is 262 g/mol. The summed E-state index contributed by atoms with van der Waals surface area (Å²) in [5, 5.41) is 12.1. The van der Waals surface area contributed by atoms with Gasteiger partial charge < -0.3 is 5.11 Å². The predicted molar refractivity (Wildman–Crippen MR) is 56.1 cm³/mol. The van der Waals surface area contributed by atoms with Crippen LogP contribution in [0.5, 0.6) is 0 Å². The summed E-state index contributed by atoms with van der Waals surface area (Å²) < 4.78 is 39.5. The minimum absolute atomic E-state index is 0.0595. The minimum atomic E-state index is -4.42. The summed E-state index contributed by atoms with van der Waals surface area (Å²) in [5.41, 5.74) is 0.107. The second-order valence-electron chi connectivity index (χ2n) is 4.35. The van der Waals surface area contributed by atoms with Crippen LogP contribution in [-0.4, -0.2) is 20.9 Å². The lowest BCUT2D eigenvalue weighted by atomic mass is 10.2. The van der Waals surface area contributed by atoms with Crippen molar-refractivity contribution in [2.45, 2.75) is 44.8 Å². The summed E-state index contributed by atoms with van der Waals surface area (Å²) in [7, 11) is 0. The van der Waals surface area contributed by atoms with Gasteiger partial charge in [0.05, 0.1) is 0 Å². The third-order valence-electron chi connectivity index (χ3n) is 3.04. The average Bonchev–Trinajstić information content (AvgIpc) is 2.78. The quantitative estimate of drug-likeness (QED) is 0.905. The molecule has 0 unspecified atom stereocenters. The Balaban J connectivity index is 2.19. The lowest BCUT2D eigenvalue weighted by Crippen LogP contribution is -2.11. The maximum absolute atomic E-state index is 12.7. The van der Waals surface area contributed by atoms with E-state index in [-0.39, 0.29) is 18.5 Å². The zero-order valence-electron chi connectivity index (χ0n) is 9.63. The number of hydrogen-bond donors (Lipinski definition) is 1. The number of carboxylic acids is 1. The molecule has 0 atom stereocenters. The minimum Gasteiger partial charge on any atom is -0.481 e. The first-order chi connectivity index (χ1) is 8.39. The summed E-state index contributed by atoms with van der Waals surface area (Å²) in [5.74, 6) is -0.949. The molecule has 1 aromatic rings. The lowest BCUT2D eigenvalue weighted by Gasteiger charge is -2.05. The van der Waals surface area contributed by atoms with Crippen LogP contribution in [0, 0.1) is 0 Å². The van der Waals surface area contributed by atoms with Gasteiger partial charge in [0, 0.05) is 24.2 Å². The Kier molecular flexibility index (Phi) is 3.32. The van der Waals surface area contributed by atoms with Gasteiger partial charge in [0.15, 0.2) is 5.69 Å². The van der Waals surface area contributed by atoms with Crippen LogP contribution in [0.1, 0.15) is 36.2 Å². The average molecular weight is 262 g/mol. The fourth-order valence-corrected chi connectivity index (χ4v) is 2.30. The van der Waals surface area contributed by atoms with Gasteiger partial charge >= 0.3 is 12.1 Å². The number of fused-ring (bicyclic) bond motifs is 1. The number of rotatable bonds is 4. The number of hydrogen-bond acceptors (Lipinski definition) is 2. The second-order valence-corrected chi connectivity index (χ2v) is 4.35. The van der Waals surface area contributed by atoms with E-state index in [4.69, 9.17) is 5.11 Å². The van der Waals surface area contributed by atoms with Crippen molar-refractivity contribution < 1.29 is 23.1 Å². The molecule has 0 radical (unpaired) electrons. The SMILES string of the molecule is O=C(O)CCCn1nc(C(F)(F)F)c2c1CCC2. The Morgan fingerprint density at radius 3 is 2.72 bits per heavy atom. The van der Waals surface area contributed by atoms with E-state index < -0.39 is 17.8 Å². The van der Waals surface area contributed by atoms with Gasteiger partial charge in [-0.15, -0.1) is 0 Å². The molecule has 100 valence electrons. The highest BCUT2D eigenvalue weighted by atomic mass is 19.4. The van der Waals surface area contributed by atoms with Crippen LogP contribution in [0.3, 0.4) is 0 Å². The third kappa shape index (κ3) is 2.49. The summed E-state index contributed by atoms with van der Waals surface area (Å²) >= 11 is 0. The molecule has 7 heteroatoms. The van der Waals surface area contributed by atoms with E-state index in [1.54, 1.807) is 0 Å². The van der Waals surface area contributed by atoms with Crippen LogP contribution in [0.2, 0.25) is 0 Å². The molecule has 0 fully saturated rings. The van der Waals surface area contributed by atoms with Gasteiger partial charge in [-0.05, 0) is 25.7 Å². The number of halogens is 3. The number of nitrogens with zero attached hydrogens (tertiary/aromatic N) is 2. The van der Waals surface area contributed by atoms with Gasteiger partial charge in [0.1, 0.15) is 0 Å². The number of aliphatic carboxylic acids is 1. The molecule has 0 saturated carbocycles. The number of alkyl halides is 3. The third-order valence-corrected chi connectivity index (χ3v) is 3.04. The molecule has 18 heavy (non-hydrogen) atoms. The van der Waals surface area contributed by atoms with Crippen LogP contribution in [0.15, 0.2) is 0 Å². The highest BCUT2D eigenvalue weighted by Crippen LogP contribution is 2.36. The Labute approximate surface area is 101 Å². The highest BCUT2D eigenvalue weighted by molar-refractivity contribution is 5.66. The zero-order chi connectivity index (χ0) is 13.3. The Hall–Kier alpha value is -1.53. The van der Waals surface area contributed by atoms with Crippen LogP contribution in [-0.2, 0) is 30.4 Å². The zero-order valence-corrected chi connectivity index (χ0v) is 9.63. The molecular weight excluding hydrogens is 249 g/mol.